The summed E-state index contributed by atoms with van der Waals surface area (Å²) in [7, 11) is 0. The van der Waals surface area contributed by atoms with Gasteiger partial charge in [-0.3, -0.25) is 9.80 Å². The van der Waals surface area contributed by atoms with E-state index in [-0.39, 0.29) is 5.54 Å². The molecule has 0 atom stereocenters. The van der Waals surface area contributed by atoms with Gasteiger partial charge in [-0.25, -0.2) is 0 Å². The predicted octanol–water partition coefficient (Wildman–Crippen LogP) is 5.57. The molecule has 2 aliphatic rings. The number of ether oxygens (including phenoxy) is 2. The van der Waals surface area contributed by atoms with E-state index in [0.29, 0.717) is 6.61 Å². The highest BCUT2D eigenvalue weighted by Crippen LogP contribution is 2.35. The van der Waals surface area contributed by atoms with Crippen LogP contribution >= 0.6 is 0 Å². The molecule has 0 amide bonds. The van der Waals surface area contributed by atoms with Gasteiger partial charge in [-0.1, -0.05) is 78.9 Å². The van der Waals surface area contributed by atoms with Gasteiger partial charge in [0.1, 0.15) is 12.4 Å². The molecule has 0 unspecified atom stereocenters. The van der Waals surface area contributed by atoms with E-state index in [0.717, 1.165) is 77.4 Å². The summed E-state index contributed by atoms with van der Waals surface area (Å²) in [5, 5.41) is 0. The molecule has 35 heavy (non-hydrogen) atoms. The van der Waals surface area contributed by atoms with Gasteiger partial charge in [-0.2, -0.15) is 0 Å². The van der Waals surface area contributed by atoms with Crippen LogP contribution in [0.25, 0.3) is 0 Å². The highest BCUT2D eigenvalue weighted by molar-refractivity contribution is 5.34. The molecule has 184 valence electrons. The highest BCUT2D eigenvalue weighted by atomic mass is 16.5. The van der Waals surface area contributed by atoms with Crippen molar-refractivity contribution < 1.29 is 9.47 Å². The van der Waals surface area contributed by atoms with Gasteiger partial charge in [0.2, 0.25) is 0 Å². The topological polar surface area (TPSA) is 24.9 Å². The van der Waals surface area contributed by atoms with Crippen LogP contribution in [0.5, 0.6) is 5.75 Å². The fourth-order valence-corrected chi connectivity index (χ4v) is 5.65. The maximum Gasteiger partial charge on any atom is 0.122 e. The summed E-state index contributed by atoms with van der Waals surface area (Å²) in [5.74, 6) is 1.02. The van der Waals surface area contributed by atoms with Crippen molar-refractivity contribution in [2.24, 2.45) is 0 Å². The van der Waals surface area contributed by atoms with E-state index in [1.807, 2.05) is 6.07 Å². The third-order valence-electron chi connectivity index (χ3n) is 7.79. The van der Waals surface area contributed by atoms with Crippen LogP contribution in [-0.2, 0) is 24.3 Å². The summed E-state index contributed by atoms with van der Waals surface area (Å²) in [4.78, 5) is 5.38. The van der Waals surface area contributed by atoms with Gasteiger partial charge in [0, 0.05) is 51.5 Å². The van der Waals surface area contributed by atoms with Gasteiger partial charge in [0.05, 0.1) is 0 Å². The number of aryl methyl sites for hydroxylation is 1. The van der Waals surface area contributed by atoms with Gasteiger partial charge in [0.25, 0.3) is 0 Å². The molecule has 0 N–H and O–H groups in total. The summed E-state index contributed by atoms with van der Waals surface area (Å²) in [6.07, 6.45) is 4.44. The second kappa shape index (κ2) is 11.9. The lowest BCUT2D eigenvalue weighted by atomic mass is 9.81. The van der Waals surface area contributed by atoms with E-state index in [9.17, 15) is 0 Å². The monoisotopic (exact) mass is 470 g/mol. The van der Waals surface area contributed by atoms with E-state index >= 15 is 0 Å². The van der Waals surface area contributed by atoms with Crippen LogP contribution in [0.2, 0.25) is 0 Å². The van der Waals surface area contributed by atoms with Crippen molar-refractivity contribution in [3.8, 4) is 5.75 Å². The Morgan fingerprint density at radius 1 is 0.714 bits per heavy atom. The van der Waals surface area contributed by atoms with E-state index in [2.05, 4.69) is 88.7 Å². The molecule has 3 aromatic carbocycles. The molecule has 4 heteroatoms. The zero-order chi connectivity index (χ0) is 23.8. The van der Waals surface area contributed by atoms with Gasteiger partial charge >= 0.3 is 0 Å². The molecule has 2 heterocycles. The molecule has 0 spiro atoms. The summed E-state index contributed by atoms with van der Waals surface area (Å²) < 4.78 is 12.1. The first kappa shape index (κ1) is 24.1. The minimum absolute atomic E-state index is 0.226. The maximum atomic E-state index is 6.27. The van der Waals surface area contributed by atoms with Gasteiger partial charge < -0.3 is 9.47 Å². The Morgan fingerprint density at radius 3 is 2.06 bits per heavy atom. The predicted molar refractivity (Wildman–Crippen MR) is 142 cm³/mol. The van der Waals surface area contributed by atoms with Crippen molar-refractivity contribution in [2.75, 3.05) is 39.4 Å². The lowest BCUT2D eigenvalue weighted by Gasteiger charge is -2.50. The van der Waals surface area contributed by atoms with Crippen molar-refractivity contribution in [2.45, 2.75) is 44.4 Å². The summed E-state index contributed by atoms with van der Waals surface area (Å²) in [6.45, 7) is 7.95. The fourth-order valence-electron chi connectivity index (χ4n) is 5.65. The standard InChI is InChI=1S/C31H38N2O2/c1-3-9-27(10-4-1)25-32-19-21-33(22-20-32)31(17-23-34-24-18-31)16-15-29-13-7-8-14-30(29)35-26-28-11-5-2-6-12-28/h1-14H,15-26H2. The van der Waals surface area contributed by atoms with Crippen molar-refractivity contribution >= 4 is 0 Å². The van der Waals surface area contributed by atoms with Crippen molar-refractivity contribution in [1.29, 1.82) is 0 Å². The Kier molecular flexibility index (Phi) is 8.14. The number of para-hydroxylation sites is 1. The largest absolute Gasteiger partial charge is 0.489 e. The van der Waals surface area contributed by atoms with E-state index in [1.54, 1.807) is 0 Å². The smallest absolute Gasteiger partial charge is 0.122 e. The van der Waals surface area contributed by atoms with E-state index in [4.69, 9.17) is 9.47 Å². The Morgan fingerprint density at radius 2 is 1.34 bits per heavy atom. The third kappa shape index (κ3) is 6.32. The Hall–Kier alpha value is -2.66. The Bertz CT molecular complexity index is 1030. The minimum Gasteiger partial charge on any atom is -0.489 e. The molecule has 0 aliphatic carbocycles. The van der Waals surface area contributed by atoms with Crippen molar-refractivity contribution in [3.05, 3.63) is 102 Å². The van der Waals surface area contributed by atoms with Crippen LogP contribution in [0.1, 0.15) is 36.0 Å². The lowest BCUT2D eigenvalue weighted by Crippen LogP contribution is -2.59. The molecular formula is C31H38N2O2. The SMILES string of the molecule is c1ccc(COc2ccccc2CCC2(N3CCN(Cc4ccccc4)CC3)CCOCC2)cc1. The quantitative estimate of drug-likeness (QED) is 0.408. The first-order chi connectivity index (χ1) is 17.3. The summed E-state index contributed by atoms with van der Waals surface area (Å²) in [6, 6.07) is 29.9. The lowest BCUT2D eigenvalue weighted by molar-refractivity contribution is -0.0521. The van der Waals surface area contributed by atoms with Crippen LogP contribution in [-0.4, -0.2) is 54.7 Å². The molecule has 5 rings (SSSR count). The average Bonchev–Trinajstić information content (AvgIpc) is 2.93. The molecule has 2 fully saturated rings. The van der Waals surface area contributed by atoms with Crippen LogP contribution in [0.3, 0.4) is 0 Å². The molecular weight excluding hydrogens is 432 g/mol. The Balaban J connectivity index is 1.21. The van der Waals surface area contributed by atoms with Gasteiger partial charge in [-0.05, 0) is 48.4 Å². The first-order valence-electron chi connectivity index (χ1n) is 13.1. The van der Waals surface area contributed by atoms with Gasteiger partial charge in [0.15, 0.2) is 0 Å². The van der Waals surface area contributed by atoms with Crippen LogP contribution in [0, 0.1) is 0 Å². The molecule has 0 saturated carbocycles. The second-order valence-corrected chi connectivity index (χ2v) is 9.97. The second-order valence-electron chi connectivity index (χ2n) is 9.97. The number of benzene rings is 3. The number of hydrogen-bond donors (Lipinski definition) is 0. The molecule has 0 aromatic heterocycles. The zero-order valence-electron chi connectivity index (χ0n) is 20.8. The van der Waals surface area contributed by atoms with Crippen LogP contribution in [0.15, 0.2) is 84.9 Å². The zero-order valence-corrected chi connectivity index (χ0v) is 20.8. The average molecular weight is 471 g/mol. The van der Waals surface area contributed by atoms with Crippen LogP contribution < -0.4 is 4.74 Å². The number of rotatable bonds is 9. The first-order valence-corrected chi connectivity index (χ1v) is 13.1. The third-order valence-corrected chi connectivity index (χ3v) is 7.79. The highest BCUT2D eigenvalue weighted by Gasteiger charge is 2.39. The molecule has 3 aromatic rings. The molecule has 2 saturated heterocycles. The van der Waals surface area contributed by atoms with Crippen molar-refractivity contribution in [3.63, 3.8) is 0 Å². The molecule has 0 bridgehead atoms. The molecule has 2 aliphatic heterocycles. The summed E-state index contributed by atoms with van der Waals surface area (Å²) >= 11 is 0. The number of piperazine rings is 1. The molecule has 0 radical (unpaired) electrons. The number of hydrogen-bond acceptors (Lipinski definition) is 4. The maximum absolute atomic E-state index is 6.27. The minimum atomic E-state index is 0.226. The Labute approximate surface area is 210 Å². The van der Waals surface area contributed by atoms with Crippen molar-refractivity contribution in [1.82, 2.24) is 9.80 Å². The summed E-state index contributed by atoms with van der Waals surface area (Å²) in [5.41, 5.74) is 4.16. The van der Waals surface area contributed by atoms with Crippen LogP contribution in [0.4, 0.5) is 0 Å². The van der Waals surface area contributed by atoms with Gasteiger partial charge in [-0.15, -0.1) is 0 Å². The van der Waals surface area contributed by atoms with E-state index in [1.165, 1.54) is 16.7 Å². The normalized spacial score (nSPS) is 18.9. The molecule has 4 nitrogen and oxygen atoms in total. The fraction of sp³-hybridized carbons (Fsp3) is 0.419. The number of nitrogens with zero attached hydrogens (tertiary/aromatic N) is 2. The van der Waals surface area contributed by atoms with E-state index < -0.39 is 0 Å².